The van der Waals surface area contributed by atoms with Crippen LogP contribution >= 0.6 is 0 Å². The fourth-order valence-electron chi connectivity index (χ4n) is 3.66. The Labute approximate surface area is 163 Å². The molecule has 2 aromatic rings. The van der Waals surface area contributed by atoms with Gasteiger partial charge in [0, 0.05) is 69.8 Å². The van der Waals surface area contributed by atoms with Crippen molar-refractivity contribution in [2.45, 2.75) is 39.2 Å². The maximum atomic E-state index is 4.86. The number of imidazole rings is 1. The Hall–Kier alpha value is -2.15. The minimum absolute atomic E-state index is 0.438. The van der Waals surface area contributed by atoms with Crippen LogP contribution in [-0.2, 0) is 6.54 Å². The predicted molar refractivity (Wildman–Crippen MR) is 111 cm³/mol. The number of rotatable bonds is 6. The second-order valence-electron chi connectivity index (χ2n) is 8.02. The molecular formula is C20H33N7. The van der Waals surface area contributed by atoms with Crippen LogP contribution in [0, 0.1) is 13.8 Å². The first-order valence-electron chi connectivity index (χ1n) is 9.80. The molecule has 27 heavy (non-hydrogen) atoms. The van der Waals surface area contributed by atoms with Crippen LogP contribution in [0.3, 0.4) is 0 Å². The quantitative estimate of drug-likeness (QED) is 0.777. The van der Waals surface area contributed by atoms with Gasteiger partial charge in [-0.05, 0) is 40.8 Å². The number of hydrogen-bond donors (Lipinski definition) is 0. The van der Waals surface area contributed by atoms with Crippen LogP contribution in [0.25, 0.3) is 0 Å². The molecule has 2 aromatic heterocycles. The normalized spacial score (nSPS) is 17.6. The number of likely N-dealkylation sites (N-methyl/N-ethyl adjacent to an activating group) is 1. The van der Waals surface area contributed by atoms with Crippen molar-refractivity contribution >= 4 is 11.8 Å². The molecule has 0 amide bonds. The minimum Gasteiger partial charge on any atom is -0.355 e. The SMILES string of the molecule is Cc1nc(N(C)C)nc(N2CCC[C@@H](c3nccn3CCN(C)C)C2)c1C. The van der Waals surface area contributed by atoms with E-state index in [-0.39, 0.29) is 0 Å². The summed E-state index contributed by atoms with van der Waals surface area (Å²) >= 11 is 0. The second-order valence-corrected chi connectivity index (χ2v) is 8.02. The van der Waals surface area contributed by atoms with E-state index in [9.17, 15) is 0 Å². The average Bonchev–Trinajstić information content (AvgIpc) is 3.10. The van der Waals surface area contributed by atoms with Crippen LogP contribution in [0.2, 0.25) is 0 Å². The summed E-state index contributed by atoms with van der Waals surface area (Å²) in [4.78, 5) is 20.8. The molecule has 0 radical (unpaired) electrons. The molecule has 1 saturated heterocycles. The van der Waals surface area contributed by atoms with Gasteiger partial charge >= 0.3 is 0 Å². The van der Waals surface area contributed by atoms with Crippen molar-refractivity contribution in [1.82, 2.24) is 24.4 Å². The van der Waals surface area contributed by atoms with Crippen molar-refractivity contribution in [3.05, 3.63) is 29.5 Å². The number of anilines is 2. The van der Waals surface area contributed by atoms with Gasteiger partial charge < -0.3 is 19.3 Å². The van der Waals surface area contributed by atoms with Crippen LogP contribution in [0.5, 0.6) is 0 Å². The van der Waals surface area contributed by atoms with Crippen LogP contribution in [0.4, 0.5) is 11.8 Å². The summed E-state index contributed by atoms with van der Waals surface area (Å²) in [6.45, 7) is 8.21. The molecule has 1 aliphatic heterocycles. The average molecular weight is 372 g/mol. The Bertz CT molecular complexity index is 766. The maximum absolute atomic E-state index is 4.86. The highest BCUT2D eigenvalue weighted by molar-refractivity contribution is 5.52. The molecule has 1 fully saturated rings. The third-order valence-electron chi connectivity index (χ3n) is 5.37. The lowest BCUT2D eigenvalue weighted by Gasteiger charge is -2.35. The largest absolute Gasteiger partial charge is 0.355 e. The van der Waals surface area contributed by atoms with E-state index in [0.29, 0.717) is 5.92 Å². The third kappa shape index (κ3) is 4.40. The predicted octanol–water partition coefficient (Wildman–Crippen LogP) is 2.30. The Morgan fingerprint density at radius 2 is 1.93 bits per heavy atom. The summed E-state index contributed by atoms with van der Waals surface area (Å²) in [5.74, 6) is 3.50. The van der Waals surface area contributed by atoms with Crippen LogP contribution in [0.1, 0.15) is 35.8 Å². The Morgan fingerprint density at radius 3 is 2.63 bits per heavy atom. The molecule has 148 valence electrons. The summed E-state index contributed by atoms with van der Waals surface area (Å²) in [7, 11) is 8.21. The summed E-state index contributed by atoms with van der Waals surface area (Å²) in [5.41, 5.74) is 2.23. The zero-order chi connectivity index (χ0) is 19.6. The molecule has 3 rings (SSSR count). The van der Waals surface area contributed by atoms with Crippen molar-refractivity contribution in [1.29, 1.82) is 0 Å². The molecule has 0 spiro atoms. The van der Waals surface area contributed by atoms with E-state index in [1.54, 1.807) is 0 Å². The molecule has 1 aliphatic rings. The van der Waals surface area contributed by atoms with E-state index < -0.39 is 0 Å². The maximum Gasteiger partial charge on any atom is 0.227 e. The van der Waals surface area contributed by atoms with E-state index >= 15 is 0 Å². The lowest BCUT2D eigenvalue weighted by Crippen LogP contribution is -2.37. The van der Waals surface area contributed by atoms with Gasteiger partial charge in [0.25, 0.3) is 0 Å². The summed E-state index contributed by atoms with van der Waals surface area (Å²) < 4.78 is 2.32. The van der Waals surface area contributed by atoms with Crippen molar-refractivity contribution in [2.75, 3.05) is 57.6 Å². The van der Waals surface area contributed by atoms with E-state index in [1.165, 1.54) is 17.8 Å². The zero-order valence-corrected chi connectivity index (χ0v) is 17.6. The van der Waals surface area contributed by atoms with Gasteiger partial charge in [-0.25, -0.2) is 9.97 Å². The number of aromatic nitrogens is 4. The van der Waals surface area contributed by atoms with Gasteiger partial charge in [0.15, 0.2) is 0 Å². The third-order valence-corrected chi connectivity index (χ3v) is 5.37. The Kier molecular flexibility index (Phi) is 5.99. The van der Waals surface area contributed by atoms with Crippen LogP contribution < -0.4 is 9.80 Å². The van der Waals surface area contributed by atoms with Gasteiger partial charge in [0.1, 0.15) is 11.6 Å². The molecular weight excluding hydrogens is 338 g/mol. The highest BCUT2D eigenvalue weighted by Crippen LogP contribution is 2.31. The molecule has 7 nitrogen and oxygen atoms in total. The number of nitrogens with zero attached hydrogens (tertiary/aromatic N) is 7. The number of hydrogen-bond acceptors (Lipinski definition) is 6. The fraction of sp³-hybridized carbons (Fsp3) is 0.650. The van der Waals surface area contributed by atoms with E-state index in [4.69, 9.17) is 9.97 Å². The highest BCUT2D eigenvalue weighted by atomic mass is 15.3. The highest BCUT2D eigenvalue weighted by Gasteiger charge is 2.27. The van der Waals surface area contributed by atoms with Gasteiger partial charge in [-0.2, -0.15) is 4.98 Å². The van der Waals surface area contributed by atoms with Gasteiger partial charge in [-0.15, -0.1) is 0 Å². The van der Waals surface area contributed by atoms with Gasteiger partial charge in [-0.3, -0.25) is 0 Å². The Balaban J connectivity index is 1.82. The number of piperidine rings is 1. The molecule has 0 aliphatic carbocycles. The lowest BCUT2D eigenvalue weighted by molar-refractivity contribution is 0.373. The summed E-state index contributed by atoms with van der Waals surface area (Å²) in [6.07, 6.45) is 6.39. The second kappa shape index (κ2) is 8.25. The standard InChI is InChI=1S/C20H33N7/c1-15-16(2)22-20(25(5)6)23-18(15)27-10-7-8-17(14-27)19-21-9-11-26(19)13-12-24(3)4/h9,11,17H,7-8,10,12-14H2,1-6H3/t17-/m1/s1. The van der Waals surface area contributed by atoms with Crippen LogP contribution in [-0.4, -0.2) is 72.2 Å². The summed E-state index contributed by atoms with van der Waals surface area (Å²) in [5, 5.41) is 0. The molecule has 0 aromatic carbocycles. The van der Waals surface area contributed by atoms with Crippen molar-refractivity contribution in [3.8, 4) is 0 Å². The van der Waals surface area contributed by atoms with E-state index in [0.717, 1.165) is 50.1 Å². The van der Waals surface area contributed by atoms with Crippen molar-refractivity contribution < 1.29 is 0 Å². The van der Waals surface area contributed by atoms with Gasteiger partial charge in [0.2, 0.25) is 5.95 Å². The lowest BCUT2D eigenvalue weighted by atomic mass is 9.96. The molecule has 7 heteroatoms. The number of aryl methyl sites for hydroxylation is 1. The molecule has 3 heterocycles. The zero-order valence-electron chi connectivity index (χ0n) is 17.6. The monoisotopic (exact) mass is 371 g/mol. The van der Waals surface area contributed by atoms with Crippen molar-refractivity contribution in [2.24, 2.45) is 0 Å². The first-order valence-corrected chi connectivity index (χ1v) is 9.80. The van der Waals surface area contributed by atoms with Gasteiger partial charge in [0.05, 0.1) is 0 Å². The first-order chi connectivity index (χ1) is 12.9. The molecule has 0 saturated carbocycles. The smallest absolute Gasteiger partial charge is 0.227 e. The van der Waals surface area contributed by atoms with E-state index in [2.05, 4.69) is 53.5 Å². The van der Waals surface area contributed by atoms with Crippen LogP contribution in [0.15, 0.2) is 12.4 Å². The minimum atomic E-state index is 0.438. The fourth-order valence-corrected chi connectivity index (χ4v) is 3.66. The molecule has 0 unspecified atom stereocenters. The molecule has 0 N–H and O–H groups in total. The van der Waals surface area contributed by atoms with Crippen molar-refractivity contribution in [3.63, 3.8) is 0 Å². The summed E-state index contributed by atoms with van der Waals surface area (Å²) in [6, 6.07) is 0. The first kappa shape index (κ1) is 19.6. The van der Waals surface area contributed by atoms with Gasteiger partial charge in [-0.1, -0.05) is 0 Å². The molecule has 0 bridgehead atoms. The topological polar surface area (TPSA) is 53.3 Å². The Morgan fingerprint density at radius 1 is 1.15 bits per heavy atom. The van der Waals surface area contributed by atoms with E-state index in [1.807, 2.05) is 25.2 Å². The molecule has 1 atom stereocenters.